The molecule has 3 nitrogen and oxygen atoms in total. The summed E-state index contributed by atoms with van der Waals surface area (Å²) in [7, 11) is 1.63. The number of halogens is 1. The van der Waals surface area contributed by atoms with Crippen molar-refractivity contribution in [3.63, 3.8) is 0 Å². The van der Waals surface area contributed by atoms with Crippen LogP contribution in [0.5, 0.6) is 5.75 Å². The number of aryl methyl sites for hydroxylation is 1. The second kappa shape index (κ2) is 5.34. The van der Waals surface area contributed by atoms with E-state index in [2.05, 4.69) is 29.9 Å². The minimum absolute atomic E-state index is 0.440. The minimum Gasteiger partial charge on any atom is -0.497 e. The molecule has 3 aromatic rings. The van der Waals surface area contributed by atoms with E-state index in [4.69, 9.17) is 16.3 Å². The van der Waals surface area contributed by atoms with Crippen molar-refractivity contribution in [2.75, 3.05) is 7.11 Å². The molecule has 0 aliphatic heterocycles. The smallest absolute Gasteiger partial charge is 0.161 e. The Balaban J connectivity index is 2.23. The SMILES string of the molecule is COc1ccc2nc(-c3cccc(C)c3C)nc(Cl)c2c1. The minimum atomic E-state index is 0.440. The highest BCUT2D eigenvalue weighted by Gasteiger charge is 2.11. The van der Waals surface area contributed by atoms with E-state index in [0.29, 0.717) is 11.0 Å². The molecule has 0 bridgehead atoms. The third-order valence-electron chi connectivity index (χ3n) is 3.70. The highest BCUT2D eigenvalue weighted by Crippen LogP contribution is 2.29. The fourth-order valence-electron chi connectivity index (χ4n) is 2.31. The van der Waals surface area contributed by atoms with E-state index in [-0.39, 0.29) is 0 Å². The van der Waals surface area contributed by atoms with E-state index in [0.717, 1.165) is 22.2 Å². The van der Waals surface area contributed by atoms with Crippen molar-refractivity contribution in [2.24, 2.45) is 0 Å². The molecule has 0 fully saturated rings. The van der Waals surface area contributed by atoms with Gasteiger partial charge in [0.25, 0.3) is 0 Å². The summed E-state index contributed by atoms with van der Waals surface area (Å²) in [4.78, 5) is 9.08. The monoisotopic (exact) mass is 298 g/mol. The number of benzene rings is 2. The summed E-state index contributed by atoms with van der Waals surface area (Å²) in [5.74, 6) is 1.39. The second-order valence-corrected chi connectivity index (χ2v) is 5.33. The molecule has 0 atom stereocenters. The summed E-state index contributed by atoms with van der Waals surface area (Å²) >= 11 is 6.33. The Labute approximate surface area is 128 Å². The lowest BCUT2D eigenvalue weighted by Crippen LogP contribution is -1.95. The van der Waals surface area contributed by atoms with Gasteiger partial charge in [-0.15, -0.1) is 0 Å². The average Bonchev–Trinajstić information content (AvgIpc) is 2.49. The predicted molar refractivity (Wildman–Crippen MR) is 86.0 cm³/mol. The molecule has 0 aliphatic rings. The number of rotatable bonds is 2. The van der Waals surface area contributed by atoms with Crippen LogP contribution < -0.4 is 4.74 Å². The standard InChI is InChI=1S/C17H15ClN2O/c1-10-5-4-6-13(11(10)2)17-19-15-8-7-12(21-3)9-14(15)16(18)20-17/h4-9H,1-3H3. The lowest BCUT2D eigenvalue weighted by molar-refractivity contribution is 0.415. The van der Waals surface area contributed by atoms with Crippen LogP contribution in [0.25, 0.3) is 22.3 Å². The van der Waals surface area contributed by atoms with Gasteiger partial charge in [0.1, 0.15) is 10.9 Å². The largest absolute Gasteiger partial charge is 0.497 e. The Kier molecular flexibility index (Phi) is 3.52. The first kappa shape index (κ1) is 13.8. The van der Waals surface area contributed by atoms with Gasteiger partial charge in [0, 0.05) is 10.9 Å². The Hall–Kier alpha value is -2.13. The lowest BCUT2D eigenvalue weighted by atomic mass is 10.0. The quantitative estimate of drug-likeness (QED) is 0.650. The second-order valence-electron chi connectivity index (χ2n) is 4.97. The zero-order valence-corrected chi connectivity index (χ0v) is 12.9. The zero-order valence-electron chi connectivity index (χ0n) is 12.1. The Morgan fingerprint density at radius 2 is 1.86 bits per heavy atom. The van der Waals surface area contributed by atoms with E-state index in [9.17, 15) is 0 Å². The Morgan fingerprint density at radius 1 is 1.05 bits per heavy atom. The van der Waals surface area contributed by atoms with Crippen molar-refractivity contribution in [2.45, 2.75) is 13.8 Å². The summed E-state index contributed by atoms with van der Waals surface area (Å²) in [6, 6.07) is 11.7. The zero-order chi connectivity index (χ0) is 15.0. The van der Waals surface area contributed by atoms with Gasteiger partial charge in [0.2, 0.25) is 0 Å². The Bertz CT molecular complexity index is 830. The van der Waals surface area contributed by atoms with Crippen LogP contribution in [0, 0.1) is 13.8 Å². The van der Waals surface area contributed by atoms with Crippen LogP contribution in [0.2, 0.25) is 5.15 Å². The molecular weight excluding hydrogens is 284 g/mol. The van der Waals surface area contributed by atoms with Gasteiger partial charge in [-0.2, -0.15) is 0 Å². The predicted octanol–water partition coefficient (Wildman–Crippen LogP) is 4.58. The van der Waals surface area contributed by atoms with E-state index < -0.39 is 0 Å². The van der Waals surface area contributed by atoms with Gasteiger partial charge in [-0.3, -0.25) is 0 Å². The van der Waals surface area contributed by atoms with Crippen molar-refractivity contribution < 1.29 is 4.74 Å². The molecule has 0 unspecified atom stereocenters. The molecule has 4 heteroatoms. The maximum Gasteiger partial charge on any atom is 0.161 e. The normalized spacial score (nSPS) is 10.9. The van der Waals surface area contributed by atoms with Gasteiger partial charge < -0.3 is 4.74 Å². The maximum atomic E-state index is 6.33. The molecule has 0 radical (unpaired) electrons. The lowest BCUT2D eigenvalue weighted by Gasteiger charge is -2.09. The molecule has 0 N–H and O–H groups in total. The van der Waals surface area contributed by atoms with Gasteiger partial charge in [0.05, 0.1) is 12.6 Å². The number of fused-ring (bicyclic) bond motifs is 1. The molecule has 0 spiro atoms. The van der Waals surface area contributed by atoms with Crippen molar-refractivity contribution in [1.29, 1.82) is 0 Å². The van der Waals surface area contributed by atoms with E-state index in [1.165, 1.54) is 11.1 Å². The molecule has 0 saturated heterocycles. The van der Waals surface area contributed by atoms with Gasteiger partial charge in [-0.1, -0.05) is 29.8 Å². The summed E-state index contributed by atoms with van der Waals surface area (Å²) in [5.41, 5.74) is 4.20. The van der Waals surface area contributed by atoms with E-state index >= 15 is 0 Å². The summed E-state index contributed by atoms with van der Waals surface area (Å²) < 4.78 is 5.21. The van der Waals surface area contributed by atoms with Gasteiger partial charge in [-0.05, 0) is 43.2 Å². The van der Waals surface area contributed by atoms with Crippen LogP contribution in [0.3, 0.4) is 0 Å². The van der Waals surface area contributed by atoms with E-state index in [1.807, 2.05) is 30.3 Å². The van der Waals surface area contributed by atoms with Crippen LogP contribution in [0.4, 0.5) is 0 Å². The molecule has 0 aliphatic carbocycles. The summed E-state index contributed by atoms with van der Waals surface area (Å²) in [6.45, 7) is 4.15. The van der Waals surface area contributed by atoms with Crippen molar-refractivity contribution in [3.05, 3.63) is 52.7 Å². The van der Waals surface area contributed by atoms with Gasteiger partial charge in [0.15, 0.2) is 5.82 Å². The number of nitrogens with zero attached hydrogens (tertiary/aromatic N) is 2. The van der Waals surface area contributed by atoms with Crippen molar-refractivity contribution in [3.8, 4) is 17.1 Å². The van der Waals surface area contributed by atoms with E-state index in [1.54, 1.807) is 7.11 Å². The first-order valence-electron chi connectivity index (χ1n) is 6.68. The highest BCUT2D eigenvalue weighted by atomic mass is 35.5. The summed E-state index contributed by atoms with van der Waals surface area (Å²) in [5, 5.41) is 1.24. The number of methoxy groups -OCH3 is 1. The molecule has 2 aromatic carbocycles. The van der Waals surface area contributed by atoms with Crippen LogP contribution >= 0.6 is 11.6 Å². The van der Waals surface area contributed by atoms with Crippen LogP contribution in [-0.4, -0.2) is 17.1 Å². The van der Waals surface area contributed by atoms with Crippen LogP contribution in [0.15, 0.2) is 36.4 Å². The number of ether oxygens (including phenoxy) is 1. The maximum absolute atomic E-state index is 6.33. The first-order valence-corrected chi connectivity index (χ1v) is 7.06. The molecule has 1 aromatic heterocycles. The summed E-state index contributed by atoms with van der Waals surface area (Å²) in [6.07, 6.45) is 0. The molecule has 106 valence electrons. The van der Waals surface area contributed by atoms with Gasteiger partial charge >= 0.3 is 0 Å². The fraction of sp³-hybridized carbons (Fsp3) is 0.176. The van der Waals surface area contributed by atoms with Crippen molar-refractivity contribution in [1.82, 2.24) is 9.97 Å². The van der Waals surface area contributed by atoms with Gasteiger partial charge in [-0.25, -0.2) is 9.97 Å². The number of aromatic nitrogens is 2. The topological polar surface area (TPSA) is 35.0 Å². The third-order valence-corrected chi connectivity index (χ3v) is 3.99. The molecule has 21 heavy (non-hydrogen) atoms. The molecule has 0 saturated carbocycles. The van der Waals surface area contributed by atoms with Crippen molar-refractivity contribution >= 4 is 22.5 Å². The third kappa shape index (κ3) is 2.45. The number of hydrogen-bond acceptors (Lipinski definition) is 3. The molecular formula is C17H15ClN2O. The molecule has 0 amide bonds. The number of hydrogen-bond donors (Lipinski definition) is 0. The first-order chi connectivity index (χ1) is 10.1. The Morgan fingerprint density at radius 3 is 2.62 bits per heavy atom. The molecule has 3 rings (SSSR count). The fourth-order valence-corrected chi connectivity index (χ4v) is 2.54. The van der Waals surface area contributed by atoms with Crippen LogP contribution in [-0.2, 0) is 0 Å². The average molecular weight is 299 g/mol. The van der Waals surface area contributed by atoms with Crippen LogP contribution in [0.1, 0.15) is 11.1 Å². The highest BCUT2D eigenvalue weighted by molar-refractivity contribution is 6.34. The molecule has 1 heterocycles.